The van der Waals surface area contributed by atoms with Gasteiger partial charge in [0.05, 0.1) is 25.4 Å². The van der Waals surface area contributed by atoms with Crippen molar-refractivity contribution in [1.82, 2.24) is 0 Å². The first-order valence-corrected chi connectivity index (χ1v) is 11.4. The van der Waals surface area contributed by atoms with Crippen LogP contribution in [0.15, 0.2) is 0 Å². The molecule has 3 unspecified atom stereocenters. The Kier molecular flexibility index (Phi) is 5.38. The average Bonchev–Trinajstić information content (AvgIpc) is 2.40. The van der Waals surface area contributed by atoms with Crippen LogP contribution < -0.4 is 0 Å². The lowest BCUT2D eigenvalue weighted by molar-refractivity contribution is -0.310. The molecule has 2 aliphatic rings. The van der Waals surface area contributed by atoms with Gasteiger partial charge in [0.15, 0.2) is 14.1 Å². The third-order valence-corrected chi connectivity index (χ3v) is 10.1. The van der Waals surface area contributed by atoms with Gasteiger partial charge >= 0.3 is 0 Å². The lowest BCUT2D eigenvalue weighted by Crippen LogP contribution is -2.55. The smallest absolute Gasteiger partial charge is 0.192 e. The van der Waals surface area contributed by atoms with E-state index >= 15 is 0 Å². The molecule has 0 amide bonds. The third kappa shape index (κ3) is 3.73. The van der Waals surface area contributed by atoms with Gasteiger partial charge in [0, 0.05) is 18.8 Å². The van der Waals surface area contributed by atoms with Crippen LogP contribution in [0.3, 0.4) is 0 Å². The van der Waals surface area contributed by atoms with Crippen molar-refractivity contribution in [3.63, 3.8) is 0 Å². The molecular formula is C17H31NO3Si. The maximum atomic E-state index is 9.11. The largest absolute Gasteiger partial charge is 0.414 e. The number of ether oxygens (including phenoxy) is 2. The van der Waals surface area contributed by atoms with E-state index in [2.05, 4.69) is 39.9 Å². The molecule has 0 aromatic carbocycles. The first kappa shape index (κ1) is 17.9. The average molecular weight is 326 g/mol. The van der Waals surface area contributed by atoms with Crippen LogP contribution in [0.4, 0.5) is 0 Å². The monoisotopic (exact) mass is 325 g/mol. The van der Waals surface area contributed by atoms with Crippen LogP contribution in [0, 0.1) is 17.2 Å². The molecule has 0 aromatic heterocycles. The lowest BCUT2D eigenvalue weighted by Gasteiger charge is -2.49. The molecule has 22 heavy (non-hydrogen) atoms. The summed E-state index contributed by atoms with van der Waals surface area (Å²) in [6, 6.07) is 2.30. The normalized spacial score (nSPS) is 33.6. The molecule has 2 rings (SSSR count). The standard InChI is InChI=1S/C17H31NO3Si/c1-16(2,3)22(4,5)21-15-9-12-20-17(13-15)14(8-10-18)7-6-11-19-17/h14-15H,6-9,11-13H2,1-5H3. The summed E-state index contributed by atoms with van der Waals surface area (Å²) in [7, 11) is -1.79. The quantitative estimate of drug-likeness (QED) is 0.729. The van der Waals surface area contributed by atoms with Crippen LogP contribution in [0.2, 0.25) is 18.1 Å². The van der Waals surface area contributed by atoms with Crippen LogP contribution in [-0.2, 0) is 13.9 Å². The third-order valence-electron chi connectivity index (χ3n) is 5.57. The maximum Gasteiger partial charge on any atom is 0.192 e. The minimum Gasteiger partial charge on any atom is -0.414 e. The maximum absolute atomic E-state index is 9.11. The Morgan fingerprint density at radius 1 is 1.23 bits per heavy atom. The van der Waals surface area contributed by atoms with Crippen LogP contribution in [0.25, 0.3) is 0 Å². The summed E-state index contributed by atoms with van der Waals surface area (Å²) in [6.45, 7) is 12.8. The van der Waals surface area contributed by atoms with Gasteiger partial charge in [-0.2, -0.15) is 5.26 Å². The van der Waals surface area contributed by atoms with Crippen LogP contribution in [-0.4, -0.2) is 33.4 Å². The Morgan fingerprint density at radius 3 is 2.55 bits per heavy atom. The molecule has 0 saturated carbocycles. The molecule has 0 aromatic rings. The van der Waals surface area contributed by atoms with Gasteiger partial charge in [-0.3, -0.25) is 0 Å². The zero-order valence-electron chi connectivity index (χ0n) is 14.8. The molecule has 5 heteroatoms. The summed E-state index contributed by atoms with van der Waals surface area (Å²) in [6.07, 6.45) is 4.43. The Labute approximate surface area is 136 Å². The van der Waals surface area contributed by atoms with E-state index in [0.717, 1.165) is 32.3 Å². The van der Waals surface area contributed by atoms with E-state index < -0.39 is 14.1 Å². The van der Waals surface area contributed by atoms with Crippen molar-refractivity contribution in [3.8, 4) is 6.07 Å². The molecule has 3 atom stereocenters. The molecule has 2 aliphatic heterocycles. The second kappa shape index (κ2) is 6.60. The zero-order valence-corrected chi connectivity index (χ0v) is 15.8. The number of rotatable bonds is 3. The Morgan fingerprint density at radius 2 is 1.91 bits per heavy atom. The highest BCUT2D eigenvalue weighted by Crippen LogP contribution is 2.44. The van der Waals surface area contributed by atoms with E-state index in [4.69, 9.17) is 19.2 Å². The van der Waals surface area contributed by atoms with Gasteiger partial charge in [0.25, 0.3) is 0 Å². The Hall–Kier alpha value is -0.413. The van der Waals surface area contributed by atoms with E-state index in [1.54, 1.807) is 0 Å². The van der Waals surface area contributed by atoms with Crippen molar-refractivity contribution in [3.05, 3.63) is 0 Å². The molecule has 0 aliphatic carbocycles. The Bertz CT molecular complexity index is 423. The van der Waals surface area contributed by atoms with Gasteiger partial charge in [0.1, 0.15) is 0 Å². The highest BCUT2D eigenvalue weighted by molar-refractivity contribution is 6.74. The lowest BCUT2D eigenvalue weighted by atomic mass is 9.83. The summed E-state index contributed by atoms with van der Waals surface area (Å²) in [4.78, 5) is 0. The van der Waals surface area contributed by atoms with Gasteiger partial charge in [-0.05, 0) is 37.4 Å². The van der Waals surface area contributed by atoms with Crippen molar-refractivity contribution in [2.45, 2.75) is 82.9 Å². The van der Waals surface area contributed by atoms with Crippen LogP contribution in [0.1, 0.15) is 52.9 Å². The summed E-state index contributed by atoms with van der Waals surface area (Å²) >= 11 is 0. The van der Waals surface area contributed by atoms with Crippen LogP contribution in [0.5, 0.6) is 0 Å². The molecule has 0 bridgehead atoms. The Balaban J connectivity index is 2.09. The fourth-order valence-electron chi connectivity index (χ4n) is 3.20. The predicted octanol–water partition coefficient (Wildman–Crippen LogP) is 4.22. The zero-order chi connectivity index (χ0) is 16.4. The molecule has 2 heterocycles. The number of nitrogens with zero attached hydrogens (tertiary/aromatic N) is 1. The summed E-state index contributed by atoms with van der Waals surface area (Å²) in [5, 5.41) is 9.31. The molecule has 126 valence electrons. The summed E-state index contributed by atoms with van der Waals surface area (Å²) in [5.74, 6) is -0.406. The van der Waals surface area contributed by atoms with Crippen molar-refractivity contribution in [2.75, 3.05) is 13.2 Å². The fourth-order valence-corrected chi connectivity index (χ4v) is 4.59. The van der Waals surface area contributed by atoms with Gasteiger partial charge in [0.2, 0.25) is 0 Å². The number of nitriles is 1. The van der Waals surface area contributed by atoms with Gasteiger partial charge < -0.3 is 13.9 Å². The molecule has 2 fully saturated rings. The van der Waals surface area contributed by atoms with Gasteiger partial charge in [-0.25, -0.2) is 0 Å². The number of hydrogen-bond donors (Lipinski definition) is 0. The van der Waals surface area contributed by atoms with E-state index in [-0.39, 0.29) is 17.1 Å². The predicted molar refractivity (Wildman–Crippen MR) is 88.9 cm³/mol. The minimum atomic E-state index is -1.79. The second-order valence-electron chi connectivity index (χ2n) is 8.20. The van der Waals surface area contributed by atoms with Gasteiger partial charge in [-0.1, -0.05) is 20.8 Å². The molecule has 4 nitrogen and oxygen atoms in total. The summed E-state index contributed by atoms with van der Waals surface area (Å²) < 4.78 is 18.7. The van der Waals surface area contributed by atoms with Crippen LogP contribution >= 0.6 is 0 Å². The van der Waals surface area contributed by atoms with Crippen molar-refractivity contribution < 1.29 is 13.9 Å². The molecule has 0 radical (unpaired) electrons. The van der Waals surface area contributed by atoms with E-state index in [1.165, 1.54) is 0 Å². The van der Waals surface area contributed by atoms with E-state index in [0.29, 0.717) is 13.0 Å². The van der Waals surface area contributed by atoms with Gasteiger partial charge in [-0.15, -0.1) is 0 Å². The van der Waals surface area contributed by atoms with E-state index in [1.807, 2.05) is 0 Å². The fraction of sp³-hybridized carbons (Fsp3) is 0.941. The van der Waals surface area contributed by atoms with Crippen molar-refractivity contribution in [1.29, 1.82) is 5.26 Å². The topological polar surface area (TPSA) is 51.5 Å². The summed E-state index contributed by atoms with van der Waals surface area (Å²) in [5.41, 5.74) is 0. The molecular weight excluding hydrogens is 294 g/mol. The highest BCUT2D eigenvalue weighted by Gasteiger charge is 2.49. The minimum absolute atomic E-state index is 0.178. The first-order valence-electron chi connectivity index (χ1n) is 8.53. The molecule has 1 spiro atoms. The highest BCUT2D eigenvalue weighted by atomic mass is 28.4. The first-order chi connectivity index (χ1) is 10.2. The second-order valence-corrected chi connectivity index (χ2v) is 13.0. The molecule has 2 saturated heterocycles. The number of hydrogen-bond acceptors (Lipinski definition) is 4. The SMILES string of the molecule is CC(C)(C)[Si](C)(C)OC1CCOC2(C1)OCCCC2CC#N. The molecule has 0 N–H and O–H groups in total. The van der Waals surface area contributed by atoms with Crippen molar-refractivity contribution >= 4 is 8.32 Å². The van der Waals surface area contributed by atoms with E-state index in [9.17, 15) is 0 Å². The van der Waals surface area contributed by atoms with Crippen molar-refractivity contribution in [2.24, 2.45) is 5.92 Å².